The van der Waals surface area contributed by atoms with Gasteiger partial charge in [-0.3, -0.25) is 4.79 Å². The first-order valence-corrected chi connectivity index (χ1v) is 5.08. The van der Waals surface area contributed by atoms with Gasteiger partial charge in [-0.15, -0.1) is 0 Å². The number of benzene rings is 1. The third-order valence-electron chi connectivity index (χ3n) is 1.94. The minimum Gasteiger partial charge on any atom is -0.466 e. The molecule has 0 N–H and O–H groups in total. The Morgan fingerprint density at radius 3 is 2.69 bits per heavy atom. The van der Waals surface area contributed by atoms with E-state index in [0.29, 0.717) is 12.2 Å². The van der Waals surface area contributed by atoms with Crippen molar-refractivity contribution in [1.29, 1.82) is 5.26 Å². The van der Waals surface area contributed by atoms with Crippen molar-refractivity contribution in [2.24, 2.45) is 0 Å². The summed E-state index contributed by atoms with van der Waals surface area (Å²) in [6, 6.07) is 9.19. The SMILES string of the molecule is CCOC(=O)CC=Cc1ccc(C#N)cc1. The third kappa shape index (κ3) is 3.97. The van der Waals surface area contributed by atoms with Crippen LogP contribution in [0.1, 0.15) is 24.5 Å². The van der Waals surface area contributed by atoms with Crippen molar-refractivity contribution in [2.75, 3.05) is 6.61 Å². The lowest BCUT2D eigenvalue weighted by atomic mass is 10.1. The van der Waals surface area contributed by atoms with Crippen molar-refractivity contribution < 1.29 is 9.53 Å². The van der Waals surface area contributed by atoms with Gasteiger partial charge in [0.25, 0.3) is 0 Å². The lowest BCUT2D eigenvalue weighted by Crippen LogP contribution is -2.01. The maximum absolute atomic E-state index is 11.0. The van der Waals surface area contributed by atoms with E-state index in [-0.39, 0.29) is 12.4 Å². The molecule has 0 radical (unpaired) electrons. The summed E-state index contributed by atoms with van der Waals surface area (Å²) in [5, 5.41) is 8.61. The van der Waals surface area contributed by atoms with Gasteiger partial charge in [-0.2, -0.15) is 5.26 Å². The molecule has 0 saturated heterocycles. The number of hydrogen-bond acceptors (Lipinski definition) is 3. The zero-order chi connectivity index (χ0) is 11.8. The molecule has 0 saturated carbocycles. The van der Waals surface area contributed by atoms with Crippen molar-refractivity contribution >= 4 is 12.0 Å². The Labute approximate surface area is 95.0 Å². The summed E-state index contributed by atoms with van der Waals surface area (Å²) >= 11 is 0. The van der Waals surface area contributed by atoms with Crippen molar-refractivity contribution in [1.82, 2.24) is 0 Å². The van der Waals surface area contributed by atoms with E-state index < -0.39 is 0 Å². The summed E-state index contributed by atoms with van der Waals surface area (Å²) in [6.07, 6.45) is 3.85. The van der Waals surface area contributed by atoms with Crippen LogP contribution in [0, 0.1) is 11.3 Å². The van der Waals surface area contributed by atoms with Crippen LogP contribution in [0.3, 0.4) is 0 Å². The average molecular weight is 215 g/mol. The first-order chi connectivity index (χ1) is 7.76. The molecule has 0 atom stereocenters. The van der Waals surface area contributed by atoms with Gasteiger partial charge in [-0.25, -0.2) is 0 Å². The molecule has 16 heavy (non-hydrogen) atoms. The van der Waals surface area contributed by atoms with Crippen LogP contribution in [-0.2, 0) is 9.53 Å². The van der Waals surface area contributed by atoms with Crippen LogP contribution < -0.4 is 0 Å². The summed E-state index contributed by atoms with van der Waals surface area (Å²) in [4.78, 5) is 11.0. The highest BCUT2D eigenvalue weighted by atomic mass is 16.5. The summed E-state index contributed by atoms with van der Waals surface area (Å²) in [7, 11) is 0. The quantitative estimate of drug-likeness (QED) is 0.725. The van der Waals surface area contributed by atoms with Crippen molar-refractivity contribution in [3.05, 3.63) is 41.5 Å². The van der Waals surface area contributed by atoms with Gasteiger partial charge in [-0.1, -0.05) is 24.3 Å². The highest BCUT2D eigenvalue weighted by molar-refractivity contribution is 5.72. The predicted octanol–water partition coefficient (Wildman–Crippen LogP) is 2.52. The number of hydrogen-bond donors (Lipinski definition) is 0. The Hall–Kier alpha value is -2.08. The molecule has 0 aromatic heterocycles. The number of nitriles is 1. The normalized spacial score (nSPS) is 10.0. The second-order valence-corrected chi connectivity index (χ2v) is 3.15. The van der Waals surface area contributed by atoms with Gasteiger partial charge in [0.05, 0.1) is 24.7 Å². The molecule has 0 unspecified atom stereocenters. The Balaban J connectivity index is 2.50. The fourth-order valence-electron chi connectivity index (χ4n) is 1.18. The standard InChI is InChI=1S/C13H13NO2/c1-2-16-13(15)5-3-4-11-6-8-12(10-14)9-7-11/h3-4,6-9H,2,5H2,1H3. The molecule has 0 aliphatic rings. The molecule has 0 spiro atoms. The number of ether oxygens (including phenoxy) is 1. The van der Waals surface area contributed by atoms with Crippen LogP contribution in [0.2, 0.25) is 0 Å². The van der Waals surface area contributed by atoms with Gasteiger partial charge < -0.3 is 4.74 Å². The topological polar surface area (TPSA) is 50.1 Å². The molecule has 0 aliphatic carbocycles. The second-order valence-electron chi connectivity index (χ2n) is 3.15. The molecule has 0 heterocycles. The van der Waals surface area contributed by atoms with E-state index in [1.165, 1.54) is 0 Å². The maximum atomic E-state index is 11.0. The van der Waals surface area contributed by atoms with Gasteiger partial charge in [0.1, 0.15) is 0 Å². The first-order valence-electron chi connectivity index (χ1n) is 5.08. The molecule has 0 amide bonds. The molecular formula is C13H13NO2. The van der Waals surface area contributed by atoms with Gasteiger partial charge in [0.2, 0.25) is 0 Å². The zero-order valence-corrected chi connectivity index (χ0v) is 9.14. The summed E-state index contributed by atoms with van der Waals surface area (Å²) in [5.74, 6) is -0.229. The number of rotatable bonds is 4. The minimum atomic E-state index is -0.229. The lowest BCUT2D eigenvalue weighted by molar-refractivity contribution is -0.142. The van der Waals surface area contributed by atoms with Gasteiger partial charge in [0, 0.05) is 0 Å². The zero-order valence-electron chi connectivity index (χ0n) is 9.14. The van der Waals surface area contributed by atoms with E-state index in [9.17, 15) is 4.79 Å². The number of carbonyl (C=O) groups is 1. The second kappa shape index (κ2) is 6.41. The Bertz CT molecular complexity index is 413. The van der Waals surface area contributed by atoms with E-state index in [1.807, 2.05) is 24.3 Å². The van der Waals surface area contributed by atoms with Crippen molar-refractivity contribution in [3.63, 3.8) is 0 Å². The average Bonchev–Trinajstić information content (AvgIpc) is 2.30. The van der Waals surface area contributed by atoms with Gasteiger partial charge in [-0.05, 0) is 24.6 Å². The van der Waals surface area contributed by atoms with Gasteiger partial charge >= 0.3 is 5.97 Å². The molecule has 1 aromatic carbocycles. The molecule has 3 heteroatoms. The Morgan fingerprint density at radius 1 is 1.44 bits per heavy atom. The number of carbonyl (C=O) groups excluding carboxylic acids is 1. The van der Waals surface area contributed by atoms with Crippen molar-refractivity contribution in [3.8, 4) is 6.07 Å². The molecule has 0 aliphatic heterocycles. The highest BCUT2D eigenvalue weighted by Gasteiger charge is 1.96. The maximum Gasteiger partial charge on any atom is 0.309 e. The summed E-state index contributed by atoms with van der Waals surface area (Å²) in [5.41, 5.74) is 1.59. The van der Waals surface area contributed by atoms with Gasteiger partial charge in [0.15, 0.2) is 0 Å². The monoisotopic (exact) mass is 215 g/mol. The Morgan fingerprint density at radius 2 is 2.12 bits per heavy atom. The molecule has 1 rings (SSSR count). The number of esters is 1. The first kappa shape index (κ1) is 12.0. The van der Waals surface area contributed by atoms with Crippen LogP contribution in [0.15, 0.2) is 30.3 Å². The fourth-order valence-corrected chi connectivity index (χ4v) is 1.18. The van der Waals surface area contributed by atoms with Crippen molar-refractivity contribution in [2.45, 2.75) is 13.3 Å². The molecular weight excluding hydrogens is 202 g/mol. The van der Waals surface area contributed by atoms with Crippen LogP contribution in [0.5, 0.6) is 0 Å². The summed E-state index contributed by atoms with van der Waals surface area (Å²) < 4.78 is 4.78. The molecule has 82 valence electrons. The van der Waals surface area contributed by atoms with Crippen LogP contribution >= 0.6 is 0 Å². The van der Waals surface area contributed by atoms with Crippen LogP contribution in [-0.4, -0.2) is 12.6 Å². The molecule has 1 aromatic rings. The van der Waals surface area contributed by atoms with E-state index in [0.717, 1.165) is 5.56 Å². The van der Waals surface area contributed by atoms with Crippen LogP contribution in [0.25, 0.3) is 6.08 Å². The smallest absolute Gasteiger partial charge is 0.309 e. The fraction of sp³-hybridized carbons (Fsp3) is 0.231. The van der Waals surface area contributed by atoms with E-state index in [4.69, 9.17) is 10.00 Å². The summed E-state index contributed by atoms with van der Waals surface area (Å²) in [6.45, 7) is 2.19. The predicted molar refractivity (Wildman–Crippen MR) is 61.4 cm³/mol. The largest absolute Gasteiger partial charge is 0.466 e. The highest BCUT2D eigenvalue weighted by Crippen LogP contribution is 2.05. The molecule has 3 nitrogen and oxygen atoms in total. The number of nitrogens with zero attached hydrogens (tertiary/aromatic N) is 1. The molecule has 0 bridgehead atoms. The lowest BCUT2D eigenvalue weighted by Gasteiger charge is -1.97. The Kier molecular flexibility index (Phi) is 4.81. The molecule has 0 fully saturated rings. The van der Waals surface area contributed by atoms with Crippen LogP contribution in [0.4, 0.5) is 0 Å². The minimum absolute atomic E-state index is 0.229. The van der Waals surface area contributed by atoms with E-state index >= 15 is 0 Å². The third-order valence-corrected chi connectivity index (χ3v) is 1.94. The van der Waals surface area contributed by atoms with E-state index in [1.54, 1.807) is 25.1 Å². The van der Waals surface area contributed by atoms with E-state index in [2.05, 4.69) is 0 Å².